The summed E-state index contributed by atoms with van der Waals surface area (Å²) >= 11 is 10.9. The summed E-state index contributed by atoms with van der Waals surface area (Å²) in [6.07, 6.45) is 0. The average molecular weight is 393 g/mol. The maximum atomic E-state index is 13.2. The van der Waals surface area contributed by atoms with Gasteiger partial charge in [0, 0.05) is 11.3 Å². The van der Waals surface area contributed by atoms with Crippen LogP contribution in [0.25, 0.3) is 11.4 Å². The van der Waals surface area contributed by atoms with E-state index < -0.39 is 5.82 Å². The van der Waals surface area contributed by atoms with E-state index in [9.17, 15) is 4.39 Å². The maximum Gasteiger partial charge on any atom is 0.246 e. The summed E-state index contributed by atoms with van der Waals surface area (Å²) in [5.74, 6) is 1.02. The molecule has 2 aromatic carbocycles. The molecule has 0 atom stereocenters. The third kappa shape index (κ3) is 4.47. The third-order valence-electron chi connectivity index (χ3n) is 3.37. The minimum Gasteiger partial charge on any atom is -0.497 e. The van der Waals surface area contributed by atoms with Crippen LogP contribution in [-0.4, -0.2) is 22.4 Å². The largest absolute Gasteiger partial charge is 0.497 e. The van der Waals surface area contributed by atoms with E-state index in [0.717, 1.165) is 5.56 Å². The minimum absolute atomic E-state index is 0.0117. The van der Waals surface area contributed by atoms with Gasteiger partial charge in [0.05, 0.1) is 18.7 Å². The monoisotopic (exact) mass is 392 g/mol. The normalized spacial score (nSPS) is 10.4. The van der Waals surface area contributed by atoms with Crippen LogP contribution in [0.2, 0.25) is 5.02 Å². The van der Waals surface area contributed by atoms with Crippen LogP contribution in [0.15, 0.2) is 47.0 Å². The van der Waals surface area contributed by atoms with Crippen molar-refractivity contribution in [3.05, 3.63) is 59.2 Å². The number of hydrogen-bond donors (Lipinski definition) is 2. The molecule has 6 nitrogen and oxygen atoms in total. The zero-order chi connectivity index (χ0) is 18.5. The molecule has 1 heterocycles. The molecule has 134 valence electrons. The van der Waals surface area contributed by atoms with Gasteiger partial charge in [-0.25, -0.2) is 4.39 Å². The molecule has 0 amide bonds. The van der Waals surface area contributed by atoms with Crippen molar-refractivity contribution in [2.24, 2.45) is 0 Å². The number of aromatic nitrogens is 2. The predicted octanol–water partition coefficient (Wildman–Crippen LogP) is 4.02. The van der Waals surface area contributed by atoms with E-state index in [-0.39, 0.29) is 11.6 Å². The van der Waals surface area contributed by atoms with Crippen molar-refractivity contribution < 1.29 is 13.7 Å². The van der Waals surface area contributed by atoms with Crippen LogP contribution in [-0.2, 0) is 6.54 Å². The zero-order valence-electron chi connectivity index (χ0n) is 13.6. The molecule has 0 saturated carbocycles. The van der Waals surface area contributed by atoms with Gasteiger partial charge in [0.1, 0.15) is 11.6 Å². The summed E-state index contributed by atoms with van der Waals surface area (Å²) in [6, 6.07) is 11.6. The molecule has 0 unspecified atom stereocenters. The fourth-order valence-corrected chi connectivity index (χ4v) is 2.48. The summed E-state index contributed by atoms with van der Waals surface area (Å²) in [7, 11) is 1.59. The van der Waals surface area contributed by atoms with Gasteiger partial charge in [-0.2, -0.15) is 4.98 Å². The van der Waals surface area contributed by atoms with Gasteiger partial charge < -0.3 is 19.9 Å². The molecule has 0 radical (unpaired) electrons. The first kappa shape index (κ1) is 18.1. The Hall–Kier alpha value is -2.71. The summed E-state index contributed by atoms with van der Waals surface area (Å²) < 4.78 is 23.5. The topological polar surface area (TPSA) is 72.2 Å². The molecule has 0 saturated heterocycles. The molecule has 3 rings (SSSR count). The highest BCUT2D eigenvalue weighted by Gasteiger charge is 2.10. The Labute approximate surface area is 159 Å². The quantitative estimate of drug-likeness (QED) is 0.635. The van der Waals surface area contributed by atoms with Crippen LogP contribution in [0.3, 0.4) is 0 Å². The Morgan fingerprint density at radius 3 is 2.92 bits per heavy atom. The molecule has 26 heavy (non-hydrogen) atoms. The van der Waals surface area contributed by atoms with Gasteiger partial charge in [0.25, 0.3) is 0 Å². The third-order valence-corrected chi connectivity index (χ3v) is 3.91. The molecule has 0 spiro atoms. The van der Waals surface area contributed by atoms with E-state index in [0.29, 0.717) is 28.3 Å². The highest BCUT2D eigenvalue weighted by molar-refractivity contribution is 7.80. The highest BCUT2D eigenvalue weighted by Crippen LogP contribution is 2.21. The number of anilines is 1. The molecule has 9 heteroatoms. The Morgan fingerprint density at radius 2 is 2.15 bits per heavy atom. The number of thiocarbonyl (C=S) groups is 1. The van der Waals surface area contributed by atoms with Gasteiger partial charge >= 0.3 is 0 Å². The van der Waals surface area contributed by atoms with Gasteiger partial charge in [-0.05, 0) is 42.5 Å². The van der Waals surface area contributed by atoms with E-state index in [1.807, 2.05) is 24.3 Å². The van der Waals surface area contributed by atoms with E-state index in [1.54, 1.807) is 7.11 Å². The molecule has 2 N–H and O–H groups in total. The molecule has 1 aromatic heterocycles. The van der Waals surface area contributed by atoms with Crippen LogP contribution in [0, 0.1) is 5.82 Å². The number of nitrogens with one attached hydrogen (secondary N) is 2. The Morgan fingerprint density at radius 1 is 1.31 bits per heavy atom. The lowest BCUT2D eigenvalue weighted by Gasteiger charge is -2.09. The smallest absolute Gasteiger partial charge is 0.246 e. The Kier molecular flexibility index (Phi) is 5.65. The summed E-state index contributed by atoms with van der Waals surface area (Å²) in [5, 5.41) is 10.1. The fourth-order valence-electron chi connectivity index (χ4n) is 2.11. The lowest BCUT2D eigenvalue weighted by molar-refractivity contribution is 0.376. The first-order valence-corrected chi connectivity index (χ1v) is 8.30. The fraction of sp³-hybridized carbons (Fsp3) is 0.118. The summed E-state index contributed by atoms with van der Waals surface area (Å²) in [5.41, 5.74) is 1.34. The second-order valence-corrected chi connectivity index (χ2v) is 6.00. The number of ether oxygens (including phenoxy) is 1. The van der Waals surface area contributed by atoms with Crippen molar-refractivity contribution in [1.29, 1.82) is 0 Å². The Balaban J connectivity index is 1.58. The molecule has 0 bridgehead atoms. The van der Waals surface area contributed by atoms with Crippen LogP contribution >= 0.6 is 23.8 Å². The number of halogens is 2. The average Bonchev–Trinajstić information content (AvgIpc) is 3.12. The van der Waals surface area contributed by atoms with Gasteiger partial charge in [0.15, 0.2) is 5.11 Å². The minimum atomic E-state index is -0.493. The zero-order valence-corrected chi connectivity index (χ0v) is 15.2. The summed E-state index contributed by atoms with van der Waals surface area (Å²) in [6.45, 7) is 0.234. The van der Waals surface area contributed by atoms with Crippen molar-refractivity contribution in [2.75, 3.05) is 12.4 Å². The number of nitrogens with zero attached hydrogens (tertiary/aromatic N) is 2. The van der Waals surface area contributed by atoms with E-state index in [4.69, 9.17) is 33.1 Å². The molecule has 0 aliphatic rings. The van der Waals surface area contributed by atoms with Crippen molar-refractivity contribution in [2.45, 2.75) is 6.54 Å². The molecular formula is C17H14ClFN4O2S. The highest BCUT2D eigenvalue weighted by atomic mass is 35.5. The first-order valence-electron chi connectivity index (χ1n) is 7.52. The lowest BCUT2D eigenvalue weighted by Crippen LogP contribution is -2.28. The van der Waals surface area contributed by atoms with Crippen LogP contribution in [0.1, 0.15) is 5.89 Å². The van der Waals surface area contributed by atoms with Gasteiger partial charge in [-0.1, -0.05) is 28.9 Å². The standard InChI is InChI=1S/C17H14ClFN4O2S/c1-24-12-4-2-3-10(7-12)16-22-15(25-23-16)9-20-17(26)21-11-5-6-14(19)13(18)8-11/h2-8H,9H2,1H3,(H2,20,21,26). The molecule has 0 fully saturated rings. The van der Waals surface area contributed by atoms with Crippen LogP contribution < -0.4 is 15.4 Å². The van der Waals surface area contributed by atoms with E-state index in [1.165, 1.54) is 18.2 Å². The van der Waals surface area contributed by atoms with E-state index in [2.05, 4.69) is 20.8 Å². The second-order valence-electron chi connectivity index (χ2n) is 5.18. The number of methoxy groups -OCH3 is 1. The number of benzene rings is 2. The molecule has 0 aliphatic heterocycles. The van der Waals surface area contributed by atoms with Crippen LogP contribution in [0.4, 0.5) is 10.1 Å². The van der Waals surface area contributed by atoms with Crippen molar-refractivity contribution >= 4 is 34.6 Å². The second kappa shape index (κ2) is 8.11. The predicted molar refractivity (Wildman–Crippen MR) is 101 cm³/mol. The van der Waals surface area contributed by atoms with Crippen molar-refractivity contribution in [1.82, 2.24) is 15.5 Å². The molecule has 0 aliphatic carbocycles. The SMILES string of the molecule is COc1cccc(-c2noc(CNC(=S)Nc3ccc(F)c(Cl)c3)n2)c1. The van der Waals surface area contributed by atoms with Crippen molar-refractivity contribution in [3.8, 4) is 17.1 Å². The number of rotatable bonds is 5. The molecular weight excluding hydrogens is 379 g/mol. The molecule has 3 aromatic rings. The lowest BCUT2D eigenvalue weighted by atomic mass is 10.2. The summed E-state index contributed by atoms with van der Waals surface area (Å²) in [4.78, 5) is 4.31. The number of hydrogen-bond acceptors (Lipinski definition) is 5. The van der Waals surface area contributed by atoms with Crippen molar-refractivity contribution in [3.63, 3.8) is 0 Å². The first-order chi connectivity index (χ1) is 12.5. The van der Waals surface area contributed by atoms with E-state index >= 15 is 0 Å². The van der Waals surface area contributed by atoms with Gasteiger partial charge in [-0.15, -0.1) is 0 Å². The van der Waals surface area contributed by atoms with Gasteiger partial charge in [-0.3, -0.25) is 0 Å². The maximum absolute atomic E-state index is 13.2. The van der Waals surface area contributed by atoms with Gasteiger partial charge in [0.2, 0.25) is 11.7 Å². The Bertz CT molecular complexity index is 935. The van der Waals surface area contributed by atoms with Crippen LogP contribution in [0.5, 0.6) is 5.75 Å².